The Bertz CT molecular complexity index is 598. The van der Waals surface area contributed by atoms with Crippen molar-refractivity contribution in [3.8, 4) is 5.75 Å². The average Bonchev–Trinajstić information content (AvgIpc) is 3.01. The van der Waals surface area contributed by atoms with Gasteiger partial charge in [-0.15, -0.1) is 0 Å². The molecule has 4 heteroatoms. The molecule has 1 saturated heterocycles. The van der Waals surface area contributed by atoms with E-state index in [1.54, 1.807) is 13.2 Å². The van der Waals surface area contributed by atoms with Crippen LogP contribution in [0.1, 0.15) is 44.6 Å². The highest BCUT2D eigenvalue weighted by Gasteiger charge is 2.42. The molecule has 0 spiro atoms. The molecular weight excluding hydrogens is 290 g/mol. The van der Waals surface area contributed by atoms with E-state index >= 15 is 0 Å². The molecule has 1 amide bonds. The molecule has 1 heterocycles. The quantitative estimate of drug-likeness (QED) is 0.869. The molecule has 2 atom stereocenters. The first kappa shape index (κ1) is 16.1. The Morgan fingerprint density at radius 3 is 2.57 bits per heavy atom. The van der Waals surface area contributed by atoms with Gasteiger partial charge in [-0.25, -0.2) is 0 Å². The summed E-state index contributed by atoms with van der Waals surface area (Å²) < 4.78 is 5.18. The molecule has 1 aromatic carbocycles. The number of aliphatic hydroxyl groups is 1. The van der Waals surface area contributed by atoms with Gasteiger partial charge in [0.15, 0.2) is 0 Å². The van der Waals surface area contributed by atoms with Crippen molar-refractivity contribution >= 4 is 5.91 Å². The first-order chi connectivity index (χ1) is 11.0. The second-order valence-electron chi connectivity index (χ2n) is 6.72. The molecule has 1 N–H and O–H groups in total. The summed E-state index contributed by atoms with van der Waals surface area (Å²) in [5.74, 6) is 0.814. The van der Waals surface area contributed by atoms with E-state index in [1.807, 2.05) is 36.1 Å². The van der Waals surface area contributed by atoms with Crippen LogP contribution in [0.2, 0.25) is 0 Å². The van der Waals surface area contributed by atoms with Crippen molar-refractivity contribution in [1.82, 2.24) is 4.90 Å². The number of carbonyl (C=O) groups is 1. The summed E-state index contributed by atoms with van der Waals surface area (Å²) in [6, 6.07) is 7.28. The van der Waals surface area contributed by atoms with Gasteiger partial charge in [-0.05, 0) is 56.7 Å². The van der Waals surface area contributed by atoms with E-state index in [0.717, 1.165) is 43.5 Å². The summed E-state index contributed by atoms with van der Waals surface area (Å²) in [4.78, 5) is 14.4. The highest BCUT2D eigenvalue weighted by Crippen LogP contribution is 2.36. The van der Waals surface area contributed by atoms with Gasteiger partial charge < -0.3 is 14.7 Å². The van der Waals surface area contributed by atoms with Crippen molar-refractivity contribution in [2.45, 2.75) is 50.7 Å². The number of allylic oxidation sites excluding steroid dienone is 1. The molecule has 2 fully saturated rings. The summed E-state index contributed by atoms with van der Waals surface area (Å²) in [5, 5.41) is 11.1. The van der Waals surface area contributed by atoms with Crippen LogP contribution < -0.4 is 4.74 Å². The van der Waals surface area contributed by atoms with Crippen molar-refractivity contribution in [2.75, 3.05) is 13.7 Å². The van der Waals surface area contributed by atoms with Crippen LogP contribution in [0, 0.1) is 0 Å². The predicted octanol–water partition coefficient (Wildman–Crippen LogP) is 3.00. The van der Waals surface area contributed by atoms with Crippen LogP contribution in [0.3, 0.4) is 0 Å². The van der Waals surface area contributed by atoms with E-state index in [9.17, 15) is 9.90 Å². The maximum Gasteiger partial charge on any atom is 0.246 e. The SMILES string of the molecule is COc1ccc([C@](C)(O)[C@H]2CCCN2C(=O)C=C2CCC2)cc1. The van der Waals surface area contributed by atoms with Gasteiger partial charge in [0.05, 0.1) is 13.2 Å². The lowest BCUT2D eigenvalue weighted by atomic mass is 9.86. The molecule has 2 aliphatic rings. The zero-order chi connectivity index (χ0) is 16.4. The Kier molecular flexibility index (Phi) is 4.44. The molecule has 0 radical (unpaired) electrons. The monoisotopic (exact) mass is 315 g/mol. The number of amides is 1. The van der Waals surface area contributed by atoms with Crippen molar-refractivity contribution in [1.29, 1.82) is 0 Å². The van der Waals surface area contributed by atoms with Crippen LogP contribution >= 0.6 is 0 Å². The summed E-state index contributed by atoms with van der Waals surface area (Å²) in [6.45, 7) is 2.53. The van der Waals surface area contributed by atoms with Crippen LogP contribution in [-0.4, -0.2) is 35.6 Å². The number of methoxy groups -OCH3 is 1. The smallest absolute Gasteiger partial charge is 0.246 e. The molecule has 0 aromatic heterocycles. The fourth-order valence-corrected chi connectivity index (χ4v) is 3.52. The summed E-state index contributed by atoms with van der Waals surface area (Å²) >= 11 is 0. The maximum absolute atomic E-state index is 12.6. The van der Waals surface area contributed by atoms with E-state index in [0.29, 0.717) is 0 Å². The fourth-order valence-electron chi connectivity index (χ4n) is 3.52. The third-order valence-electron chi connectivity index (χ3n) is 5.18. The Balaban J connectivity index is 1.80. The molecule has 4 nitrogen and oxygen atoms in total. The number of hydrogen-bond acceptors (Lipinski definition) is 3. The third kappa shape index (κ3) is 3.13. The first-order valence-electron chi connectivity index (χ1n) is 8.39. The highest BCUT2D eigenvalue weighted by molar-refractivity contribution is 5.89. The van der Waals surface area contributed by atoms with Gasteiger partial charge in [0.1, 0.15) is 11.4 Å². The normalized spacial score (nSPS) is 23.2. The van der Waals surface area contributed by atoms with Crippen LogP contribution in [-0.2, 0) is 10.4 Å². The molecule has 124 valence electrons. The predicted molar refractivity (Wildman–Crippen MR) is 89.2 cm³/mol. The lowest BCUT2D eigenvalue weighted by Crippen LogP contribution is -2.47. The van der Waals surface area contributed by atoms with Crippen LogP contribution in [0.15, 0.2) is 35.9 Å². The Hall–Kier alpha value is -1.81. The van der Waals surface area contributed by atoms with Crippen molar-refractivity contribution in [3.05, 3.63) is 41.5 Å². The number of rotatable bonds is 4. The minimum atomic E-state index is -1.06. The second-order valence-corrected chi connectivity index (χ2v) is 6.72. The molecule has 1 aliphatic carbocycles. The van der Waals surface area contributed by atoms with E-state index < -0.39 is 5.60 Å². The molecule has 1 aliphatic heterocycles. The number of likely N-dealkylation sites (tertiary alicyclic amines) is 1. The maximum atomic E-state index is 12.6. The highest BCUT2D eigenvalue weighted by atomic mass is 16.5. The van der Waals surface area contributed by atoms with Gasteiger partial charge in [0.25, 0.3) is 0 Å². The topological polar surface area (TPSA) is 49.8 Å². The van der Waals surface area contributed by atoms with Gasteiger partial charge in [0, 0.05) is 12.6 Å². The largest absolute Gasteiger partial charge is 0.497 e. The van der Waals surface area contributed by atoms with Crippen molar-refractivity contribution < 1.29 is 14.6 Å². The number of carbonyl (C=O) groups excluding carboxylic acids is 1. The number of ether oxygens (including phenoxy) is 1. The average molecular weight is 315 g/mol. The molecular formula is C19H25NO3. The number of nitrogens with zero attached hydrogens (tertiary/aromatic N) is 1. The van der Waals surface area contributed by atoms with Gasteiger partial charge in [-0.2, -0.15) is 0 Å². The fraction of sp³-hybridized carbons (Fsp3) is 0.526. The van der Waals surface area contributed by atoms with Crippen molar-refractivity contribution in [3.63, 3.8) is 0 Å². The molecule has 23 heavy (non-hydrogen) atoms. The van der Waals surface area contributed by atoms with Crippen LogP contribution in [0.5, 0.6) is 5.75 Å². The van der Waals surface area contributed by atoms with Crippen LogP contribution in [0.25, 0.3) is 0 Å². The minimum absolute atomic E-state index is 0.0518. The van der Waals surface area contributed by atoms with E-state index in [4.69, 9.17) is 4.74 Å². The molecule has 0 bridgehead atoms. The first-order valence-corrected chi connectivity index (χ1v) is 8.39. The lowest BCUT2D eigenvalue weighted by Gasteiger charge is -2.37. The Labute approximate surface area is 137 Å². The van der Waals surface area contributed by atoms with E-state index in [1.165, 1.54) is 12.0 Å². The Morgan fingerprint density at radius 1 is 1.30 bits per heavy atom. The number of hydrogen-bond donors (Lipinski definition) is 1. The van der Waals surface area contributed by atoms with Gasteiger partial charge in [-0.3, -0.25) is 4.79 Å². The zero-order valence-corrected chi connectivity index (χ0v) is 13.9. The summed E-state index contributed by atoms with van der Waals surface area (Å²) in [6.07, 6.45) is 6.82. The molecule has 0 unspecified atom stereocenters. The minimum Gasteiger partial charge on any atom is -0.497 e. The lowest BCUT2D eigenvalue weighted by molar-refractivity contribution is -0.132. The van der Waals surface area contributed by atoms with Crippen molar-refractivity contribution in [2.24, 2.45) is 0 Å². The third-order valence-corrected chi connectivity index (χ3v) is 5.18. The molecule has 1 aromatic rings. The molecule has 3 rings (SSSR count). The van der Waals surface area contributed by atoms with Gasteiger partial charge in [0.2, 0.25) is 5.91 Å². The van der Waals surface area contributed by atoms with Gasteiger partial charge in [-0.1, -0.05) is 17.7 Å². The summed E-state index contributed by atoms with van der Waals surface area (Å²) in [5.41, 5.74) is 1.00. The molecule has 1 saturated carbocycles. The number of benzene rings is 1. The van der Waals surface area contributed by atoms with E-state index in [2.05, 4.69) is 0 Å². The zero-order valence-electron chi connectivity index (χ0n) is 13.9. The van der Waals surface area contributed by atoms with E-state index in [-0.39, 0.29) is 11.9 Å². The Morgan fingerprint density at radius 2 is 2.00 bits per heavy atom. The van der Waals surface area contributed by atoms with Crippen LogP contribution in [0.4, 0.5) is 0 Å². The summed E-state index contributed by atoms with van der Waals surface area (Å²) in [7, 11) is 1.62. The second kappa shape index (κ2) is 6.36. The van der Waals surface area contributed by atoms with Gasteiger partial charge >= 0.3 is 0 Å². The standard InChI is InChI=1S/C19H25NO3/c1-19(22,15-8-10-16(23-2)11-9-15)17-7-4-12-20(17)18(21)13-14-5-3-6-14/h8-11,13,17,22H,3-7,12H2,1-2H3/t17-,19+/m1/s1.